The van der Waals surface area contributed by atoms with Crippen LogP contribution in [0.5, 0.6) is 0 Å². The number of nitrogens with one attached hydrogen (secondary N) is 1. The summed E-state index contributed by atoms with van der Waals surface area (Å²) in [6.07, 6.45) is 1.93. The van der Waals surface area contributed by atoms with E-state index in [0.29, 0.717) is 6.54 Å². The molecule has 0 saturated carbocycles. The van der Waals surface area contributed by atoms with Gasteiger partial charge in [-0.05, 0) is 18.4 Å². The van der Waals surface area contributed by atoms with Crippen LogP contribution in [-0.2, 0) is 11.2 Å². The van der Waals surface area contributed by atoms with Gasteiger partial charge in [0.05, 0.1) is 0 Å². The molecule has 1 aliphatic rings. The van der Waals surface area contributed by atoms with E-state index in [1.165, 1.54) is 5.56 Å². The zero-order chi connectivity index (χ0) is 15.6. The van der Waals surface area contributed by atoms with Gasteiger partial charge in [0.15, 0.2) is 0 Å². The molecule has 1 saturated heterocycles. The van der Waals surface area contributed by atoms with Crippen molar-refractivity contribution in [2.45, 2.75) is 12.8 Å². The van der Waals surface area contributed by atoms with E-state index < -0.39 is 0 Å². The Morgan fingerprint density at radius 2 is 1.91 bits per heavy atom. The third-order valence-electron chi connectivity index (χ3n) is 4.02. The molecule has 1 N–H and O–H groups in total. The van der Waals surface area contributed by atoms with Gasteiger partial charge in [-0.1, -0.05) is 30.3 Å². The number of amides is 2. The van der Waals surface area contributed by atoms with Crippen molar-refractivity contribution in [2.24, 2.45) is 0 Å². The van der Waals surface area contributed by atoms with Crippen molar-refractivity contribution in [3.63, 3.8) is 0 Å². The highest BCUT2D eigenvalue weighted by Crippen LogP contribution is 2.03. The van der Waals surface area contributed by atoms with Crippen LogP contribution in [0.4, 0.5) is 4.79 Å². The van der Waals surface area contributed by atoms with Crippen LogP contribution in [0.1, 0.15) is 12.0 Å². The first kappa shape index (κ1) is 16.8. The fraction of sp³-hybridized carbons (Fsp3) is 0.588. The number of hydrogen-bond donors (Lipinski definition) is 1. The Bertz CT molecular complexity index is 431. The molecule has 5 nitrogen and oxygen atoms in total. The van der Waals surface area contributed by atoms with E-state index in [1.54, 1.807) is 7.11 Å². The summed E-state index contributed by atoms with van der Waals surface area (Å²) in [5.74, 6) is 0. The maximum absolute atomic E-state index is 12.1. The SMILES string of the molecule is COCCCN1CCN(C(=O)NCCc2ccccc2)CC1. The molecule has 1 heterocycles. The van der Waals surface area contributed by atoms with Crippen LogP contribution in [0, 0.1) is 0 Å². The fourth-order valence-electron chi connectivity index (χ4n) is 2.68. The fourth-order valence-corrected chi connectivity index (χ4v) is 2.68. The van der Waals surface area contributed by atoms with E-state index >= 15 is 0 Å². The molecule has 2 rings (SSSR count). The smallest absolute Gasteiger partial charge is 0.317 e. The normalized spacial score (nSPS) is 15.8. The lowest BCUT2D eigenvalue weighted by molar-refractivity contribution is 0.125. The van der Waals surface area contributed by atoms with Gasteiger partial charge in [-0.2, -0.15) is 0 Å². The first-order valence-electron chi connectivity index (χ1n) is 8.07. The lowest BCUT2D eigenvalue weighted by Crippen LogP contribution is -2.52. The molecule has 0 aliphatic carbocycles. The third-order valence-corrected chi connectivity index (χ3v) is 4.02. The molecule has 0 spiro atoms. The quantitative estimate of drug-likeness (QED) is 0.778. The van der Waals surface area contributed by atoms with E-state index in [2.05, 4.69) is 22.3 Å². The number of ether oxygens (including phenoxy) is 1. The molecule has 1 aliphatic heterocycles. The number of benzene rings is 1. The molecular formula is C17H27N3O2. The van der Waals surface area contributed by atoms with Crippen molar-refractivity contribution in [3.8, 4) is 0 Å². The number of methoxy groups -OCH3 is 1. The first-order valence-corrected chi connectivity index (χ1v) is 8.07. The largest absolute Gasteiger partial charge is 0.385 e. The molecule has 5 heteroatoms. The van der Waals surface area contributed by atoms with Crippen molar-refractivity contribution in [1.82, 2.24) is 15.1 Å². The minimum absolute atomic E-state index is 0.0625. The summed E-state index contributed by atoms with van der Waals surface area (Å²) >= 11 is 0. The predicted molar refractivity (Wildman–Crippen MR) is 88.1 cm³/mol. The summed E-state index contributed by atoms with van der Waals surface area (Å²) < 4.78 is 5.07. The van der Waals surface area contributed by atoms with Crippen molar-refractivity contribution < 1.29 is 9.53 Å². The molecule has 0 unspecified atom stereocenters. The van der Waals surface area contributed by atoms with Crippen LogP contribution in [0.15, 0.2) is 30.3 Å². The molecule has 0 atom stereocenters. The van der Waals surface area contributed by atoms with Crippen LogP contribution >= 0.6 is 0 Å². The number of urea groups is 1. The van der Waals surface area contributed by atoms with Crippen LogP contribution in [0.3, 0.4) is 0 Å². The standard InChI is InChI=1S/C17H27N3O2/c1-22-15-5-10-19-11-13-20(14-12-19)17(21)18-9-8-16-6-3-2-4-7-16/h2-4,6-7H,5,8-15H2,1H3,(H,18,21). The van der Waals surface area contributed by atoms with Gasteiger partial charge in [-0.3, -0.25) is 4.90 Å². The molecule has 0 bridgehead atoms. The average Bonchev–Trinajstić information content (AvgIpc) is 2.56. The Hall–Kier alpha value is -1.59. The minimum atomic E-state index is 0.0625. The number of piperazine rings is 1. The van der Waals surface area contributed by atoms with Gasteiger partial charge < -0.3 is 15.0 Å². The Morgan fingerprint density at radius 3 is 2.59 bits per heavy atom. The second-order valence-electron chi connectivity index (χ2n) is 5.64. The van der Waals surface area contributed by atoms with Gasteiger partial charge in [-0.25, -0.2) is 4.79 Å². The summed E-state index contributed by atoms with van der Waals surface area (Å²) in [5.41, 5.74) is 1.26. The molecular weight excluding hydrogens is 278 g/mol. The van der Waals surface area contributed by atoms with Gasteiger partial charge in [0.2, 0.25) is 0 Å². The second-order valence-corrected chi connectivity index (χ2v) is 5.64. The molecule has 1 aromatic carbocycles. The maximum atomic E-state index is 12.1. The van der Waals surface area contributed by atoms with E-state index in [4.69, 9.17) is 4.74 Å². The van der Waals surface area contributed by atoms with Crippen molar-refractivity contribution in [2.75, 3.05) is 53.0 Å². The Labute approximate surface area is 133 Å². The molecule has 22 heavy (non-hydrogen) atoms. The second kappa shape index (κ2) is 9.43. The lowest BCUT2D eigenvalue weighted by atomic mass is 10.1. The van der Waals surface area contributed by atoms with Crippen molar-refractivity contribution in [1.29, 1.82) is 0 Å². The average molecular weight is 305 g/mol. The monoisotopic (exact) mass is 305 g/mol. The molecule has 1 aromatic rings. The van der Waals surface area contributed by atoms with E-state index in [0.717, 1.165) is 52.2 Å². The van der Waals surface area contributed by atoms with E-state index in [9.17, 15) is 4.79 Å². The van der Waals surface area contributed by atoms with Crippen LogP contribution in [-0.4, -0.2) is 68.8 Å². The van der Waals surface area contributed by atoms with Crippen LogP contribution in [0.2, 0.25) is 0 Å². The molecule has 1 fully saturated rings. The molecule has 122 valence electrons. The highest BCUT2D eigenvalue weighted by Gasteiger charge is 2.20. The Kier molecular flexibility index (Phi) is 7.19. The van der Waals surface area contributed by atoms with Crippen LogP contribution in [0.25, 0.3) is 0 Å². The number of nitrogens with zero attached hydrogens (tertiary/aromatic N) is 2. The first-order chi connectivity index (χ1) is 10.8. The maximum Gasteiger partial charge on any atom is 0.317 e. The molecule has 2 amide bonds. The molecule has 0 radical (unpaired) electrons. The lowest BCUT2D eigenvalue weighted by Gasteiger charge is -2.34. The third kappa shape index (κ3) is 5.66. The number of rotatable bonds is 7. The summed E-state index contributed by atoms with van der Waals surface area (Å²) in [5, 5.41) is 3.02. The number of hydrogen-bond acceptors (Lipinski definition) is 3. The molecule has 0 aromatic heterocycles. The van der Waals surface area contributed by atoms with Gasteiger partial charge in [0.25, 0.3) is 0 Å². The number of carbonyl (C=O) groups is 1. The zero-order valence-corrected chi connectivity index (χ0v) is 13.5. The van der Waals surface area contributed by atoms with Crippen molar-refractivity contribution in [3.05, 3.63) is 35.9 Å². The van der Waals surface area contributed by atoms with Gasteiger partial charge >= 0.3 is 6.03 Å². The summed E-state index contributed by atoms with van der Waals surface area (Å²) in [7, 11) is 1.73. The van der Waals surface area contributed by atoms with E-state index in [1.807, 2.05) is 23.1 Å². The summed E-state index contributed by atoms with van der Waals surface area (Å²) in [6, 6.07) is 10.3. The van der Waals surface area contributed by atoms with Crippen LogP contribution < -0.4 is 5.32 Å². The summed E-state index contributed by atoms with van der Waals surface area (Å²) in [6.45, 7) is 6.08. The van der Waals surface area contributed by atoms with Gasteiger partial charge in [0, 0.05) is 53.0 Å². The highest BCUT2D eigenvalue weighted by molar-refractivity contribution is 5.74. The van der Waals surface area contributed by atoms with E-state index in [-0.39, 0.29) is 6.03 Å². The minimum Gasteiger partial charge on any atom is -0.385 e. The highest BCUT2D eigenvalue weighted by atomic mass is 16.5. The zero-order valence-electron chi connectivity index (χ0n) is 13.5. The van der Waals surface area contributed by atoms with Crippen molar-refractivity contribution >= 4 is 6.03 Å². The predicted octanol–water partition coefficient (Wildman–Crippen LogP) is 1.59. The van der Waals surface area contributed by atoms with Gasteiger partial charge in [0.1, 0.15) is 0 Å². The topological polar surface area (TPSA) is 44.8 Å². The Balaban J connectivity index is 1.61. The number of carbonyl (C=O) groups excluding carboxylic acids is 1. The Morgan fingerprint density at radius 1 is 1.18 bits per heavy atom. The summed E-state index contributed by atoms with van der Waals surface area (Å²) in [4.78, 5) is 16.4. The van der Waals surface area contributed by atoms with Gasteiger partial charge in [-0.15, -0.1) is 0 Å².